The van der Waals surface area contributed by atoms with E-state index in [2.05, 4.69) is 10.1 Å². The van der Waals surface area contributed by atoms with Crippen molar-refractivity contribution in [2.24, 2.45) is 5.92 Å². The van der Waals surface area contributed by atoms with Gasteiger partial charge in [-0.1, -0.05) is 6.07 Å². The Bertz CT molecular complexity index is 791. The van der Waals surface area contributed by atoms with E-state index in [9.17, 15) is 13.6 Å². The molecule has 7 heteroatoms. The van der Waals surface area contributed by atoms with Crippen molar-refractivity contribution in [3.05, 3.63) is 53.6 Å². The Balaban J connectivity index is 1.49. The van der Waals surface area contributed by atoms with Crippen LogP contribution in [0.3, 0.4) is 0 Å². The number of amides is 1. The molecule has 2 aromatic carbocycles. The van der Waals surface area contributed by atoms with E-state index in [0.717, 1.165) is 17.9 Å². The zero-order valence-corrected chi connectivity index (χ0v) is 15.6. The maximum atomic E-state index is 12.5. The number of nitrogens with one attached hydrogen (secondary N) is 1. The minimum atomic E-state index is -2.93. The smallest absolute Gasteiger partial charge is 0.387 e. The molecule has 0 aromatic heterocycles. The quantitative estimate of drug-likeness (QED) is 0.664. The van der Waals surface area contributed by atoms with Crippen molar-refractivity contribution in [1.29, 1.82) is 0 Å². The van der Waals surface area contributed by atoms with E-state index in [4.69, 9.17) is 9.47 Å². The fraction of sp³-hybridized carbons (Fsp3) is 0.381. The molecule has 0 unspecified atom stereocenters. The second-order valence-corrected chi connectivity index (χ2v) is 6.65. The Morgan fingerprint density at radius 3 is 2.54 bits per heavy atom. The van der Waals surface area contributed by atoms with Crippen LogP contribution < -0.4 is 19.5 Å². The molecule has 150 valence electrons. The lowest BCUT2D eigenvalue weighted by Crippen LogP contribution is -2.25. The molecule has 5 nitrogen and oxygen atoms in total. The summed E-state index contributed by atoms with van der Waals surface area (Å²) in [6.45, 7) is -1.84. The van der Waals surface area contributed by atoms with Crippen LogP contribution in [0.25, 0.3) is 0 Å². The van der Waals surface area contributed by atoms with Gasteiger partial charge in [0.1, 0.15) is 5.75 Å². The lowest BCUT2D eigenvalue weighted by molar-refractivity contribution is -0.0512. The predicted octanol–water partition coefficient (Wildman–Crippen LogP) is 4.06. The van der Waals surface area contributed by atoms with E-state index >= 15 is 0 Å². The molecular weight excluding hydrogens is 368 g/mol. The van der Waals surface area contributed by atoms with Crippen molar-refractivity contribution in [2.45, 2.75) is 25.9 Å². The van der Waals surface area contributed by atoms with Crippen LogP contribution in [0.4, 0.5) is 8.78 Å². The maximum absolute atomic E-state index is 12.5. The summed E-state index contributed by atoms with van der Waals surface area (Å²) in [6, 6.07) is 11.8. The second-order valence-electron chi connectivity index (χ2n) is 6.65. The summed E-state index contributed by atoms with van der Waals surface area (Å²) < 4.78 is 40.1. The monoisotopic (exact) mass is 391 g/mol. The average Bonchev–Trinajstić information content (AvgIpc) is 3.51. The van der Waals surface area contributed by atoms with Crippen LogP contribution >= 0.6 is 0 Å². The number of hydrogen-bond donors (Lipinski definition) is 1. The molecule has 1 saturated carbocycles. The number of halogens is 2. The van der Waals surface area contributed by atoms with Gasteiger partial charge < -0.3 is 19.5 Å². The molecule has 28 heavy (non-hydrogen) atoms. The van der Waals surface area contributed by atoms with Gasteiger partial charge in [-0.05, 0) is 67.1 Å². The topological polar surface area (TPSA) is 56.8 Å². The SMILES string of the molecule is COc1ccc(CCNC(=O)c2ccc(OCC3CC3)cc2)cc1OC(F)F. The number of carbonyl (C=O) groups excluding carboxylic acids is 1. The third kappa shape index (κ3) is 5.84. The van der Waals surface area contributed by atoms with Gasteiger partial charge in [0, 0.05) is 12.1 Å². The van der Waals surface area contributed by atoms with Crippen molar-refractivity contribution < 1.29 is 27.8 Å². The summed E-state index contributed by atoms with van der Waals surface area (Å²) in [5.74, 6) is 1.44. The van der Waals surface area contributed by atoms with Crippen molar-refractivity contribution in [2.75, 3.05) is 20.3 Å². The molecular formula is C21H23F2NO4. The number of alkyl halides is 2. The second kappa shape index (κ2) is 9.39. The zero-order chi connectivity index (χ0) is 19.9. The van der Waals surface area contributed by atoms with Gasteiger partial charge in [0.2, 0.25) is 0 Å². The molecule has 1 amide bonds. The Kier molecular flexibility index (Phi) is 6.68. The molecule has 1 aliphatic carbocycles. The molecule has 0 heterocycles. The summed E-state index contributed by atoms with van der Waals surface area (Å²) in [5, 5.41) is 2.82. The molecule has 1 N–H and O–H groups in total. The van der Waals surface area contributed by atoms with Crippen LogP contribution in [-0.2, 0) is 6.42 Å². The number of ether oxygens (including phenoxy) is 3. The van der Waals surface area contributed by atoms with Crippen molar-refractivity contribution in [3.63, 3.8) is 0 Å². The van der Waals surface area contributed by atoms with Crippen LogP contribution in [0.15, 0.2) is 42.5 Å². The normalized spacial score (nSPS) is 13.3. The molecule has 0 aliphatic heterocycles. The summed E-state index contributed by atoms with van der Waals surface area (Å²) in [5.41, 5.74) is 1.29. The largest absolute Gasteiger partial charge is 0.493 e. The van der Waals surface area contributed by atoms with Crippen LogP contribution in [0.1, 0.15) is 28.8 Å². The zero-order valence-electron chi connectivity index (χ0n) is 15.6. The van der Waals surface area contributed by atoms with Crippen LogP contribution in [0, 0.1) is 5.92 Å². The maximum Gasteiger partial charge on any atom is 0.387 e. The fourth-order valence-corrected chi connectivity index (χ4v) is 2.69. The molecule has 0 bridgehead atoms. The van der Waals surface area contributed by atoms with Gasteiger partial charge >= 0.3 is 6.61 Å². The number of hydrogen-bond acceptors (Lipinski definition) is 4. The third-order valence-electron chi connectivity index (χ3n) is 4.44. The van der Waals surface area contributed by atoms with E-state index in [1.807, 2.05) is 0 Å². The minimum absolute atomic E-state index is 0.0249. The van der Waals surface area contributed by atoms with Gasteiger partial charge in [-0.2, -0.15) is 8.78 Å². The number of methoxy groups -OCH3 is 1. The summed E-state index contributed by atoms with van der Waals surface area (Å²) in [4.78, 5) is 12.2. The van der Waals surface area contributed by atoms with E-state index in [1.54, 1.807) is 36.4 Å². The molecule has 3 rings (SSSR count). The Morgan fingerprint density at radius 1 is 1.14 bits per heavy atom. The first-order valence-electron chi connectivity index (χ1n) is 9.18. The summed E-state index contributed by atoms with van der Waals surface area (Å²) in [6.07, 6.45) is 2.92. The van der Waals surface area contributed by atoms with Gasteiger partial charge in [-0.15, -0.1) is 0 Å². The highest BCUT2D eigenvalue weighted by Gasteiger charge is 2.21. The first kappa shape index (κ1) is 19.9. The fourth-order valence-electron chi connectivity index (χ4n) is 2.69. The van der Waals surface area contributed by atoms with Crippen molar-refractivity contribution in [1.82, 2.24) is 5.32 Å². The Hall–Kier alpha value is -2.83. The van der Waals surface area contributed by atoms with Crippen LogP contribution in [-0.4, -0.2) is 32.8 Å². The van der Waals surface area contributed by atoms with Gasteiger partial charge in [-0.25, -0.2) is 0 Å². The van der Waals surface area contributed by atoms with Gasteiger partial charge in [-0.3, -0.25) is 4.79 Å². The Labute approximate surface area is 162 Å². The number of carbonyl (C=O) groups is 1. The highest BCUT2D eigenvalue weighted by atomic mass is 19.3. The van der Waals surface area contributed by atoms with Gasteiger partial charge in [0.25, 0.3) is 5.91 Å². The molecule has 1 fully saturated rings. The van der Waals surface area contributed by atoms with Crippen LogP contribution in [0.2, 0.25) is 0 Å². The molecule has 0 atom stereocenters. The van der Waals surface area contributed by atoms with Crippen molar-refractivity contribution >= 4 is 5.91 Å². The minimum Gasteiger partial charge on any atom is -0.493 e. The first-order valence-corrected chi connectivity index (χ1v) is 9.18. The van der Waals surface area contributed by atoms with E-state index in [-0.39, 0.29) is 17.4 Å². The highest BCUT2D eigenvalue weighted by Crippen LogP contribution is 2.30. The lowest BCUT2D eigenvalue weighted by atomic mass is 10.1. The van der Waals surface area contributed by atoms with Crippen molar-refractivity contribution in [3.8, 4) is 17.2 Å². The van der Waals surface area contributed by atoms with Gasteiger partial charge in [0.15, 0.2) is 11.5 Å². The average molecular weight is 391 g/mol. The molecule has 0 spiro atoms. The standard InChI is InChI=1S/C21H23F2NO4/c1-26-18-9-4-14(12-19(18)28-21(22)23)10-11-24-20(25)16-5-7-17(8-6-16)27-13-15-2-3-15/h4-9,12,15,21H,2-3,10-11,13H2,1H3,(H,24,25). The first-order chi connectivity index (χ1) is 13.5. The lowest BCUT2D eigenvalue weighted by Gasteiger charge is -2.12. The molecule has 2 aromatic rings. The highest BCUT2D eigenvalue weighted by molar-refractivity contribution is 5.94. The van der Waals surface area contributed by atoms with Gasteiger partial charge in [0.05, 0.1) is 13.7 Å². The molecule has 1 aliphatic rings. The number of rotatable bonds is 10. The number of benzene rings is 2. The van der Waals surface area contributed by atoms with E-state index in [0.29, 0.717) is 24.4 Å². The summed E-state index contributed by atoms with van der Waals surface area (Å²) >= 11 is 0. The van der Waals surface area contributed by atoms with E-state index in [1.165, 1.54) is 26.0 Å². The molecule has 0 saturated heterocycles. The predicted molar refractivity (Wildman–Crippen MR) is 100 cm³/mol. The van der Waals surface area contributed by atoms with E-state index < -0.39 is 6.61 Å². The Morgan fingerprint density at radius 2 is 1.89 bits per heavy atom. The van der Waals surface area contributed by atoms with Crippen LogP contribution in [0.5, 0.6) is 17.2 Å². The third-order valence-corrected chi connectivity index (χ3v) is 4.44. The summed E-state index contributed by atoms with van der Waals surface area (Å²) in [7, 11) is 1.38. The molecule has 0 radical (unpaired) electrons.